The molecule has 1 atom stereocenters. The fraction of sp³-hybridized carbons (Fsp3) is 0.286. The summed E-state index contributed by atoms with van der Waals surface area (Å²) < 4.78 is 28.4. The number of likely N-dealkylation sites (N-methyl/N-ethyl adjacent to an activating group) is 1. The van der Waals surface area contributed by atoms with Gasteiger partial charge in [-0.15, -0.1) is 0 Å². The van der Waals surface area contributed by atoms with Crippen LogP contribution >= 0.6 is 0 Å². The minimum Gasteiger partial charge on any atom is -0.357 e. The molecule has 0 radical (unpaired) electrons. The number of benzene rings is 3. The molecule has 0 bridgehead atoms. The summed E-state index contributed by atoms with van der Waals surface area (Å²) in [5.41, 5.74) is 2.38. The molecule has 0 aromatic heterocycles. The number of carbonyl (C=O) groups is 2. The summed E-state index contributed by atoms with van der Waals surface area (Å²) in [5.74, 6) is -0.729. The van der Waals surface area contributed by atoms with E-state index in [0.717, 1.165) is 15.4 Å². The van der Waals surface area contributed by atoms with Crippen LogP contribution in [0, 0.1) is 6.92 Å². The Balaban J connectivity index is 1.98. The Morgan fingerprint density at radius 3 is 2.03 bits per heavy atom. The average molecular weight is 508 g/mol. The van der Waals surface area contributed by atoms with Crippen LogP contribution in [0.3, 0.4) is 0 Å². The van der Waals surface area contributed by atoms with E-state index in [-0.39, 0.29) is 17.3 Å². The number of nitrogens with one attached hydrogen (secondary N) is 1. The van der Waals surface area contributed by atoms with Gasteiger partial charge in [0.25, 0.3) is 10.0 Å². The molecule has 2 amide bonds. The summed E-state index contributed by atoms with van der Waals surface area (Å²) in [7, 11) is -2.50. The number of anilines is 1. The van der Waals surface area contributed by atoms with Crippen LogP contribution in [0.4, 0.5) is 5.69 Å². The Labute approximate surface area is 213 Å². The summed E-state index contributed by atoms with van der Waals surface area (Å²) in [6.07, 6.45) is 0.937. The van der Waals surface area contributed by atoms with Gasteiger partial charge in [0.15, 0.2) is 0 Å². The van der Waals surface area contributed by atoms with Gasteiger partial charge in [-0.05, 0) is 49.6 Å². The highest BCUT2D eigenvalue weighted by Gasteiger charge is 2.33. The van der Waals surface area contributed by atoms with Crippen molar-refractivity contribution in [3.05, 3.63) is 96.1 Å². The van der Waals surface area contributed by atoms with Gasteiger partial charge >= 0.3 is 0 Å². The topological polar surface area (TPSA) is 86.8 Å². The maximum Gasteiger partial charge on any atom is 0.264 e. The van der Waals surface area contributed by atoms with Gasteiger partial charge in [0, 0.05) is 13.6 Å². The van der Waals surface area contributed by atoms with E-state index in [9.17, 15) is 18.0 Å². The highest BCUT2D eigenvalue weighted by molar-refractivity contribution is 7.92. The van der Waals surface area contributed by atoms with E-state index in [1.54, 1.807) is 42.5 Å². The molecule has 0 heterocycles. The van der Waals surface area contributed by atoms with Crippen LogP contribution in [-0.2, 0) is 26.0 Å². The van der Waals surface area contributed by atoms with Crippen molar-refractivity contribution in [1.82, 2.24) is 10.2 Å². The predicted molar refractivity (Wildman–Crippen MR) is 142 cm³/mol. The van der Waals surface area contributed by atoms with Gasteiger partial charge in [-0.1, -0.05) is 73.2 Å². The SMILES string of the molecule is CCC(C(=O)NC)N(CCc1ccccc1)C(=O)CN(c1ccc(C)cc1)S(=O)(=O)c1ccccc1. The summed E-state index contributed by atoms with van der Waals surface area (Å²) in [6, 6.07) is 24.0. The smallest absolute Gasteiger partial charge is 0.264 e. The van der Waals surface area contributed by atoms with Crippen LogP contribution < -0.4 is 9.62 Å². The van der Waals surface area contributed by atoms with Crippen LogP contribution in [0.2, 0.25) is 0 Å². The van der Waals surface area contributed by atoms with Crippen LogP contribution in [0.1, 0.15) is 24.5 Å². The van der Waals surface area contributed by atoms with Crippen LogP contribution in [0.15, 0.2) is 89.8 Å². The lowest BCUT2D eigenvalue weighted by atomic mass is 10.1. The van der Waals surface area contributed by atoms with Crippen molar-refractivity contribution in [3.8, 4) is 0 Å². The first-order valence-electron chi connectivity index (χ1n) is 12.0. The molecule has 1 unspecified atom stereocenters. The van der Waals surface area contributed by atoms with E-state index in [1.165, 1.54) is 24.1 Å². The van der Waals surface area contributed by atoms with E-state index < -0.39 is 28.5 Å². The summed E-state index contributed by atoms with van der Waals surface area (Å²) in [6.45, 7) is 3.59. The van der Waals surface area contributed by atoms with E-state index in [1.807, 2.05) is 44.2 Å². The number of nitrogens with zero attached hydrogens (tertiary/aromatic N) is 2. The minimum atomic E-state index is -4.04. The second kappa shape index (κ2) is 12.4. The summed E-state index contributed by atoms with van der Waals surface area (Å²) in [4.78, 5) is 28.0. The van der Waals surface area contributed by atoms with Gasteiger partial charge in [0.2, 0.25) is 11.8 Å². The Kier molecular flexibility index (Phi) is 9.25. The average Bonchev–Trinajstić information content (AvgIpc) is 2.90. The monoisotopic (exact) mass is 507 g/mol. The van der Waals surface area contributed by atoms with Crippen LogP contribution in [0.5, 0.6) is 0 Å². The van der Waals surface area contributed by atoms with Gasteiger partial charge < -0.3 is 10.2 Å². The highest BCUT2D eigenvalue weighted by Crippen LogP contribution is 2.25. The quantitative estimate of drug-likeness (QED) is 0.428. The molecule has 3 rings (SSSR count). The normalized spacial score (nSPS) is 12.0. The fourth-order valence-corrected chi connectivity index (χ4v) is 5.46. The molecular weight excluding hydrogens is 474 g/mol. The van der Waals surface area contributed by atoms with Crippen molar-refractivity contribution in [1.29, 1.82) is 0 Å². The molecule has 1 N–H and O–H groups in total. The van der Waals surface area contributed by atoms with Gasteiger partial charge in [-0.3, -0.25) is 13.9 Å². The lowest BCUT2D eigenvalue weighted by molar-refractivity contribution is -0.139. The molecule has 0 aliphatic rings. The number of amides is 2. The number of hydrogen-bond donors (Lipinski definition) is 1. The Hall–Kier alpha value is -3.65. The zero-order chi connectivity index (χ0) is 26.1. The molecule has 0 aliphatic carbocycles. The summed E-state index contributed by atoms with van der Waals surface area (Å²) >= 11 is 0. The predicted octanol–water partition coefficient (Wildman–Crippen LogP) is 3.79. The van der Waals surface area contributed by atoms with Crippen molar-refractivity contribution in [2.75, 3.05) is 24.4 Å². The number of sulfonamides is 1. The molecule has 0 fully saturated rings. The van der Waals surface area contributed by atoms with Crippen LogP contribution in [-0.4, -0.2) is 51.3 Å². The molecule has 190 valence electrons. The Morgan fingerprint density at radius 2 is 1.47 bits per heavy atom. The minimum absolute atomic E-state index is 0.0903. The lowest BCUT2D eigenvalue weighted by Crippen LogP contribution is -2.52. The first-order valence-corrected chi connectivity index (χ1v) is 13.4. The van der Waals surface area contributed by atoms with Crippen molar-refractivity contribution in [3.63, 3.8) is 0 Å². The third kappa shape index (κ3) is 6.51. The molecule has 36 heavy (non-hydrogen) atoms. The molecule has 0 aliphatic heterocycles. The highest BCUT2D eigenvalue weighted by atomic mass is 32.2. The second-order valence-corrected chi connectivity index (χ2v) is 10.4. The van der Waals surface area contributed by atoms with E-state index >= 15 is 0 Å². The second-order valence-electron chi connectivity index (χ2n) is 8.52. The zero-order valence-electron chi connectivity index (χ0n) is 20.9. The van der Waals surface area contributed by atoms with Gasteiger partial charge in [0.05, 0.1) is 10.6 Å². The van der Waals surface area contributed by atoms with Gasteiger partial charge in [0.1, 0.15) is 12.6 Å². The molecule has 8 heteroatoms. The molecule has 7 nitrogen and oxygen atoms in total. The maximum absolute atomic E-state index is 13.8. The van der Waals surface area contributed by atoms with Crippen molar-refractivity contribution < 1.29 is 18.0 Å². The number of carbonyl (C=O) groups excluding carboxylic acids is 2. The maximum atomic E-state index is 13.8. The fourth-order valence-electron chi connectivity index (χ4n) is 4.02. The molecule has 0 spiro atoms. The summed E-state index contributed by atoms with van der Waals surface area (Å²) in [5, 5.41) is 2.63. The first-order chi connectivity index (χ1) is 17.3. The Morgan fingerprint density at radius 1 is 0.889 bits per heavy atom. The third-order valence-electron chi connectivity index (χ3n) is 6.05. The van der Waals surface area contributed by atoms with E-state index in [4.69, 9.17) is 0 Å². The standard InChI is InChI=1S/C28H33N3O4S/c1-4-26(28(33)29-3)30(20-19-23-11-7-5-8-12-23)27(32)21-31(24-17-15-22(2)16-18-24)36(34,35)25-13-9-6-10-14-25/h5-18,26H,4,19-21H2,1-3H3,(H,29,33). The molecule has 0 saturated heterocycles. The molecular formula is C28H33N3O4S. The number of aryl methyl sites for hydroxylation is 1. The third-order valence-corrected chi connectivity index (χ3v) is 7.84. The lowest BCUT2D eigenvalue weighted by Gasteiger charge is -2.33. The van der Waals surface area contributed by atoms with Crippen molar-refractivity contribution >= 4 is 27.5 Å². The molecule has 3 aromatic rings. The number of hydrogen-bond acceptors (Lipinski definition) is 4. The zero-order valence-corrected chi connectivity index (χ0v) is 21.7. The largest absolute Gasteiger partial charge is 0.357 e. The van der Waals surface area contributed by atoms with Crippen molar-refractivity contribution in [2.24, 2.45) is 0 Å². The first kappa shape index (κ1) is 26.9. The van der Waals surface area contributed by atoms with E-state index in [2.05, 4.69) is 5.32 Å². The number of rotatable bonds is 11. The van der Waals surface area contributed by atoms with Gasteiger partial charge in [-0.2, -0.15) is 0 Å². The van der Waals surface area contributed by atoms with E-state index in [0.29, 0.717) is 18.5 Å². The molecule has 3 aromatic carbocycles. The molecule has 0 saturated carbocycles. The van der Waals surface area contributed by atoms with Gasteiger partial charge in [-0.25, -0.2) is 8.42 Å². The Bertz CT molecular complexity index is 1250. The van der Waals surface area contributed by atoms with Crippen molar-refractivity contribution in [2.45, 2.75) is 37.6 Å². The van der Waals surface area contributed by atoms with Crippen LogP contribution in [0.25, 0.3) is 0 Å².